The highest BCUT2D eigenvalue weighted by atomic mass is 15.3. The van der Waals surface area contributed by atoms with Gasteiger partial charge in [0, 0.05) is 11.7 Å². The van der Waals surface area contributed by atoms with Crippen LogP contribution in [0.4, 0.5) is 0 Å². The van der Waals surface area contributed by atoms with Crippen LogP contribution in [0.15, 0.2) is 0 Å². The van der Waals surface area contributed by atoms with Gasteiger partial charge in [-0.15, -0.1) is 0 Å². The van der Waals surface area contributed by atoms with Crippen LogP contribution in [0.2, 0.25) is 0 Å². The smallest absolute Gasteiger partial charge is 0.0628 e. The molecule has 20 heavy (non-hydrogen) atoms. The first-order valence-electron chi connectivity index (χ1n) is 8.53. The molecule has 0 unspecified atom stereocenters. The normalized spacial score (nSPS) is 20.5. The molecule has 2 saturated carbocycles. The minimum absolute atomic E-state index is 0.667. The monoisotopic (exact) mass is 275 g/mol. The van der Waals surface area contributed by atoms with Gasteiger partial charge in [0.2, 0.25) is 0 Å². The molecular weight excluding hydrogens is 246 g/mol. The number of aromatic nitrogens is 2. The second kappa shape index (κ2) is 6.30. The van der Waals surface area contributed by atoms with Crippen LogP contribution in [0.1, 0.15) is 74.4 Å². The molecule has 0 radical (unpaired) electrons. The topological polar surface area (TPSA) is 29.9 Å². The van der Waals surface area contributed by atoms with Gasteiger partial charge in [-0.1, -0.05) is 19.3 Å². The molecule has 2 fully saturated rings. The van der Waals surface area contributed by atoms with E-state index in [-0.39, 0.29) is 0 Å². The van der Waals surface area contributed by atoms with E-state index in [1.165, 1.54) is 74.7 Å². The van der Waals surface area contributed by atoms with E-state index in [2.05, 4.69) is 23.8 Å². The molecule has 1 aromatic rings. The van der Waals surface area contributed by atoms with Crippen molar-refractivity contribution in [2.75, 3.05) is 6.54 Å². The first-order valence-corrected chi connectivity index (χ1v) is 8.53. The zero-order chi connectivity index (χ0) is 13.9. The van der Waals surface area contributed by atoms with Gasteiger partial charge in [-0.3, -0.25) is 4.68 Å². The molecule has 2 aliphatic carbocycles. The summed E-state index contributed by atoms with van der Waals surface area (Å²) in [4.78, 5) is 0. The van der Waals surface area contributed by atoms with Gasteiger partial charge in [0.25, 0.3) is 0 Å². The zero-order valence-electron chi connectivity index (χ0n) is 13.1. The predicted molar refractivity (Wildman–Crippen MR) is 83.2 cm³/mol. The maximum Gasteiger partial charge on any atom is 0.0628 e. The second-order valence-electron chi connectivity index (χ2n) is 6.72. The molecule has 3 nitrogen and oxygen atoms in total. The van der Waals surface area contributed by atoms with Crippen molar-refractivity contribution in [1.29, 1.82) is 0 Å². The maximum absolute atomic E-state index is 4.86. The van der Waals surface area contributed by atoms with Gasteiger partial charge in [-0.05, 0) is 64.5 Å². The average Bonchev–Trinajstić information content (AvgIpc) is 3.24. The fourth-order valence-electron chi connectivity index (χ4n) is 3.60. The SMILES string of the molecule is Cc1nn(C2CCCCC2)c(C)c1CCCNC1CC1. The largest absolute Gasteiger partial charge is 0.314 e. The van der Waals surface area contributed by atoms with E-state index in [0.29, 0.717) is 6.04 Å². The Balaban J connectivity index is 1.59. The Morgan fingerprint density at radius 1 is 1.10 bits per heavy atom. The van der Waals surface area contributed by atoms with Crippen molar-refractivity contribution >= 4 is 0 Å². The van der Waals surface area contributed by atoms with Crippen LogP contribution in [-0.2, 0) is 6.42 Å². The van der Waals surface area contributed by atoms with Crippen molar-refractivity contribution in [3.8, 4) is 0 Å². The van der Waals surface area contributed by atoms with Gasteiger partial charge in [-0.25, -0.2) is 0 Å². The third kappa shape index (κ3) is 3.25. The van der Waals surface area contributed by atoms with Crippen molar-refractivity contribution < 1.29 is 0 Å². The number of aryl methyl sites for hydroxylation is 1. The van der Waals surface area contributed by atoms with E-state index in [4.69, 9.17) is 5.10 Å². The van der Waals surface area contributed by atoms with Gasteiger partial charge >= 0.3 is 0 Å². The van der Waals surface area contributed by atoms with Crippen LogP contribution in [0.5, 0.6) is 0 Å². The summed E-state index contributed by atoms with van der Waals surface area (Å²) in [5.41, 5.74) is 4.20. The highest BCUT2D eigenvalue weighted by Gasteiger charge is 2.21. The number of nitrogens with one attached hydrogen (secondary N) is 1. The molecule has 0 atom stereocenters. The highest BCUT2D eigenvalue weighted by molar-refractivity contribution is 5.25. The Hall–Kier alpha value is -0.830. The number of hydrogen-bond donors (Lipinski definition) is 1. The fourth-order valence-corrected chi connectivity index (χ4v) is 3.60. The minimum atomic E-state index is 0.667. The number of nitrogens with zero attached hydrogens (tertiary/aromatic N) is 2. The lowest BCUT2D eigenvalue weighted by atomic mass is 9.95. The molecule has 0 aromatic carbocycles. The summed E-state index contributed by atoms with van der Waals surface area (Å²) in [7, 11) is 0. The van der Waals surface area contributed by atoms with Crippen molar-refractivity contribution in [1.82, 2.24) is 15.1 Å². The van der Waals surface area contributed by atoms with Crippen LogP contribution in [-0.4, -0.2) is 22.4 Å². The molecule has 2 aliphatic rings. The summed E-state index contributed by atoms with van der Waals surface area (Å²) >= 11 is 0. The van der Waals surface area contributed by atoms with Crippen LogP contribution >= 0.6 is 0 Å². The Morgan fingerprint density at radius 3 is 2.55 bits per heavy atom. The molecule has 0 amide bonds. The number of rotatable bonds is 6. The molecule has 3 rings (SSSR count). The molecule has 0 bridgehead atoms. The predicted octanol–water partition coefficient (Wildman–Crippen LogP) is 3.69. The maximum atomic E-state index is 4.86. The molecule has 112 valence electrons. The number of hydrogen-bond acceptors (Lipinski definition) is 2. The van der Waals surface area contributed by atoms with Gasteiger partial charge in [-0.2, -0.15) is 5.10 Å². The molecule has 0 saturated heterocycles. The van der Waals surface area contributed by atoms with Gasteiger partial charge < -0.3 is 5.32 Å². The van der Waals surface area contributed by atoms with Gasteiger partial charge in [0.15, 0.2) is 0 Å². The lowest BCUT2D eigenvalue weighted by Crippen LogP contribution is -2.18. The van der Waals surface area contributed by atoms with E-state index < -0.39 is 0 Å². The highest BCUT2D eigenvalue weighted by Crippen LogP contribution is 2.30. The summed E-state index contributed by atoms with van der Waals surface area (Å²) in [6.07, 6.45) is 12.0. The Labute approximate surface area is 123 Å². The summed E-state index contributed by atoms with van der Waals surface area (Å²) in [5.74, 6) is 0. The molecule has 0 spiro atoms. The van der Waals surface area contributed by atoms with E-state index >= 15 is 0 Å². The summed E-state index contributed by atoms with van der Waals surface area (Å²) in [6.45, 7) is 5.63. The zero-order valence-corrected chi connectivity index (χ0v) is 13.1. The lowest BCUT2D eigenvalue weighted by Gasteiger charge is -2.23. The molecule has 3 heteroatoms. The second-order valence-corrected chi connectivity index (χ2v) is 6.72. The van der Waals surface area contributed by atoms with Gasteiger partial charge in [0.1, 0.15) is 0 Å². The van der Waals surface area contributed by atoms with Crippen molar-refractivity contribution in [3.05, 3.63) is 17.0 Å². The van der Waals surface area contributed by atoms with Crippen molar-refractivity contribution in [2.45, 2.75) is 83.7 Å². The van der Waals surface area contributed by atoms with E-state index in [0.717, 1.165) is 12.6 Å². The summed E-state index contributed by atoms with van der Waals surface area (Å²) in [6, 6.07) is 1.50. The van der Waals surface area contributed by atoms with Crippen LogP contribution in [0.25, 0.3) is 0 Å². The van der Waals surface area contributed by atoms with Gasteiger partial charge in [0.05, 0.1) is 11.7 Å². The van der Waals surface area contributed by atoms with E-state index in [9.17, 15) is 0 Å². The average molecular weight is 275 g/mol. The fraction of sp³-hybridized carbons (Fsp3) is 0.824. The van der Waals surface area contributed by atoms with E-state index in [1.807, 2.05) is 0 Å². The van der Waals surface area contributed by atoms with E-state index in [1.54, 1.807) is 0 Å². The first kappa shape index (κ1) is 14.1. The van der Waals surface area contributed by atoms with Crippen LogP contribution in [0.3, 0.4) is 0 Å². The third-order valence-electron chi connectivity index (χ3n) is 5.01. The first-order chi connectivity index (χ1) is 9.75. The summed E-state index contributed by atoms with van der Waals surface area (Å²) < 4.78 is 2.35. The quantitative estimate of drug-likeness (QED) is 0.802. The Bertz CT molecular complexity index is 439. The Kier molecular flexibility index (Phi) is 4.45. The molecule has 1 heterocycles. The Morgan fingerprint density at radius 2 is 1.85 bits per heavy atom. The van der Waals surface area contributed by atoms with Crippen molar-refractivity contribution in [2.24, 2.45) is 0 Å². The van der Waals surface area contributed by atoms with Crippen LogP contribution < -0.4 is 5.32 Å². The third-order valence-corrected chi connectivity index (χ3v) is 5.01. The summed E-state index contributed by atoms with van der Waals surface area (Å²) in [5, 5.41) is 8.47. The molecular formula is C17H29N3. The van der Waals surface area contributed by atoms with Crippen LogP contribution in [0, 0.1) is 13.8 Å². The molecule has 1 aromatic heterocycles. The van der Waals surface area contributed by atoms with Crippen molar-refractivity contribution in [3.63, 3.8) is 0 Å². The standard InChI is InChI=1S/C17H29N3/c1-13-17(9-6-12-18-15-10-11-15)14(2)20(19-13)16-7-4-3-5-8-16/h15-16,18H,3-12H2,1-2H3. The molecule has 0 aliphatic heterocycles. The minimum Gasteiger partial charge on any atom is -0.314 e. The molecule has 1 N–H and O–H groups in total. The lowest BCUT2D eigenvalue weighted by molar-refractivity contribution is 0.324.